The van der Waals surface area contributed by atoms with Crippen LogP contribution in [0.25, 0.3) is 0 Å². The number of H-pyrrole nitrogens is 1. The van der Waals surface area contributed by atoms with E-state index in [9.17, 15) is 9.59 Å². The number of hydrogen-bond acceptors (Lipinski definition) is 5. The second-order valence-electron chi connectivity index (χ2n) is 6.09. The minimum atomic E-state index is -0.257. The fraction of sp³-hybridized carbons (Fsp3) is 0.471. The van der Waals surface area contributed by atoms with Crippen LogP contribution < -0.4 is 5.69 Å². The maximum absolute atomic E-state index is 12.4. The number of carbonyl (C=O) groups excluding carboxylic acids is 1. The van der Waals surface area contributed by atoms with Gasteiger partial charge in [0, 0.05) is 12.2 Å². The molecule has 1 aliphatic rings. The Morgan fingerprint density at radius 3 is 3.00 bits per heavy atom. The monoisotopic (exact) mass is 347 g/mol. The number of ether oxygens (including phenoxy) is 1. The van der Waals surface area contributed by atoms with Gasteiger partial charge in [0.15, 0.2) is 10.9 Å². The molecule has 2 heterocycles. The standard InChI is InChI=1S/C17H21N3O3S/c1-11-5-6-14(12(2)8-11)15(21)10-24-17-19-18-16(22)20(17)9-13-4-3-7-23-13/h5-6,8,13H,3-4,7,9-10H2,1-2H3,(H,18,22). The highest BCUT2D eigenvalue weighted by Gasteiger charge is 2.20. The summed E-state index contributed by atoms with van der Waals surface area (Å²) in [6.45, 7) is 5.16. The van der Waals surface area contributed by atoms with Crippen LogP contribution >= 0.6 is 11.8 Å². The number of nitrogens with zero attached hydrogens (tertiary/aromatic N) is 2. The van der Waals surface area contributed by atoms with Crippen molar-refractivity contribution < 1.29 is 9.53 Å². The van der Waals surface area contributed by atoms with Gasteiger partial charge in [0.2, 0.25) is 0 Å². The fourth-order valence-corrected chi connectivity index (χ4v) is 3.74. The zero-order chi connectivity index (χ0) is 17.1. The van der Waals surface area contributed by atoms with Gasteiger partial charge in [0.05, 0.1) is 18.4 Å². The summed E-state index contributed by atoms with van der Waals surface area (Å²) >= 11 is 1.28. The lowest BCUT2D eigenvalue weighted by Gasteiger charge is -2.11. The first-order valence-electron chi connectivity index (χ1n) is 8.04. The van der Waals surface area contributed by atoms with Crippen LogP contribution in [0.5, 0.6) is 0 Å². The maximum Gasteiger partial charge on any atom is 0.344 e. The molecule has 1 aromatic heterocycles. The van der Waals surface area contributed by atoms with Crippen molar-refractivity contribution in [1.82, 2.24) is 14.8 Å². The molecule has 24 heavy (non-hydrogen) atoms. The predicted octanol–water partition coefficient (Wildman–Crippen LogP) is 2.34. The average molecular weight is 347 g/mol. The lowest BCUT2D eigenvalue weighted by molar-refractivity contribution is 0.0941. The molecule has 1 fully saturated rings. The van der Waals surface area contributed by atoms with E-state index in [0.29, 0.717) is 11.7 Å². The van der Waals surface area contributed by atoms with Gasteiger partial charge >= 0.3 is 5.69 Å². The van der Waals surface area contributed by atoms with Gasteiger partial charge in [-0.3, -0.25) is 9.36 Å². The summed E-state index contributed by atoms with van der Waals surface area (Å²) in [5.41, 5.74) is 2.57. The zero-order valence-electron chi connectivity index (χ0n) is 13.9. The Labute approximate surface area is 144 Å². The minimum absolute atomic E-state index is 0.0385. The van der Waals surface area contributed by atoms with E-state index in [1.165, 1.54) is 11.8 Å². The molecule has 0 spiro atoms. The minimum Gasteiger partial charge on any atom is -0.376 e. The molecule has 0 radical (unpaired) electrons. The topological polar surface area (TPSA) is 77.0 Å². The number of aromatic nitrogens is 3. The molecule has 1 aromatic carbocycles. The van der Waals surface area contributed by atoms with Crippen molar-refractivity contribution in [2.75, 3.05) is 12.4 Å². The van der Waals surface area contributed by atoms with Gasteiger partial charge in [0.25, 0.3) is 0 Å². The van der Waals surface area contributed by atoms with E-state index in [4.69, 9.17) is 4.74 Å². The van der Waals surface area contributed by atoms with Gasteiger partial charge in [-0.15, -0.1) is 5.10 Å². The Morgan fingerprint density at radius 2 is 2.29 bits per heavy atom. The van der Waals surface area contributed by atoms with Gasteiger partial charge in [0.1, 0.15) is 0 Å². The Morgan fingerprint density at radius 1 is 1.46 bits per heavy atom. The number of nitrogens with one attached hydrogen (secondary N) is 1. The smallest absolute Gasteiger partial charge is 0.344 e. The van der Waals surface area contributed by atoms with Gasteiger partial charge < -0.3 is 4.74 Å². The number of aromatic amines is 1. The first-order chi connectivity index (χ1) is 11.5. The summed E-state index contributed by atoms with van der Waals surface area (Å²) in [5.74, 6) is 0.288. The number of aryl methyl sites for hydroxylation is 2. The number of Topliss-reactive ketones (excluding diaryl/α,β-unsaturated/α-hetero) is 1. The number of rotatable bonds is 6. The van der Waals surface area contributed by atoms with Crippen molar-refractivity contribution in [3.05, 3.63) is 45.4 Å². The summed E-state index contributed by atoms with van der Waals surface area (Å²) in [6.07, 6.45) is 2.02. The molecule has 1 aliphatic heterocycles. The first kappa shape index (κ1) is 17.0. The summed E-state index contributed by atoms with van der Waals surface area (Å²) < 4.78 is 7.15. The third-order valence-electron chi connectivity index (χ3n) is 4.15. The SMILES string of the molecule is Cc1ccc(C(=O)CSc2n[nH]c(=O)n2CC2CCCO2)c(C)c1. The Hall–Kier alpha value is -1.86. The highest BCUT2D eigenvalue weighted by atomic mass is 32.2. The highest BCUT2D eigenvalue weighted by molar-refractivity contribution is 7.99. The molecule has 3 rings (SSSR count). The first-order valence-corrected chi connectivity index (χ1v) is 9.03. The number of ketones is 1. The third-order valence-corrected chi connectivity index (χ3v) is 5.12. The van der Waals surface area contributed by atoms with Gasteiger partial charge in [-0.2, -0.15) is 0 Å². The van der Waals surface area contributed by atoms with Gasteiger partial charge in [-0.05, 0) is 32.3 Å². The quantitative estimate of drug-likeness (QED) is 0.641. The molecule has 128 valence electrons. The molecule has 0 aliphatic carbocycles. The molecule has 6 nitrogen and oxygen atoms in total. The number of thioether (sulfide) groups is 1. The van der Waals surface area contributed by atoms with Crippen LogP contribution in [0.3, 0.4) is 0 Å². The van der Waals surface area contributed by atoms with E-state index in [1.807, 2.05) is 32.0 Å². The second-order valence-corrected chi connectivity index (χ2v) is 7.03. The molecule has 1 atom stereocenters. The lowest BCUT2D eigenvalue weighted by Crippen LogP contribution is -2.25. The van der Waals surface area contributed by atoms with Gasteiger partial charge in [-0.1, -0.05) is 35.5 Å². The van der Waals surface area contributed by atoms with Crippen LogP contribution in [0, 0.1) is 13.8 Å². The molecule has 1 saturated heterocycles. The van der Waals surface area contributed by atoms with E-state index >= 15 is 0 Å². The van der Waals surface area contributed by atoms with E-state index in [1.54, 1.807) is 4.57 Å². The Balaban J connectivity index is 1.68. The zero-order valence-corrected chi connectivity index (χ0v) is 14.7. The van der Waals surface area contributed by atoms with E-state index in [2.05, 4.69) is 10.2 Å². The fourth-order valence-electron chi connectivity index (χ4n) is 2.90. The van der Waals surface area contributed by atoms with Crippen LogP contribution in [-0.4, -0.2) is 39.0 Å². The van der Waals surface area contributed by atoms with E-state index in [-0.39, 0.29) is 23.3 Å². The molecule has 1 N–H and O–H groups in total. The summed E-state index contributed by atoms with van der Waals surface area (Å²) in [5, 5.41) is 7.04. The highest BCUT2D eigenvalue weighted by Crippen LogP contribution is 2.20. The summed E-state index contributed by atoms with van der Waals surface area (Å²) in [6, 6.07) is 5.80. The van der Waals surface area contributed by atoms with Crippen molar-refractivity contribution in [3.63, 3.8) is 0 Å². The maximum atomic E-state index is 12.4. The molecule has 0 saturated carbocycles. The van der Waals surface area contributed by atoms with Crippen molar-refractivity contribution in [3.8, 4) is 0 Å². The van der Waals surface area contributed by atoms with Crippen molar-refractivity contribution in [1.29, 1.82) is 0 Å². The van der Waals surface area contributed by atoms with Crippen molar-refractivity contribution in [2.45, 2.75) is 44.5 Å². The third kappa shape index (κ3) is 3.79. The molecule has 0 amide bonds. The number of benzene rings is 1. The van der Waals surface area contributed by atoms with Crippen LogP contribution in [0.4, 0.5) is 0 Å². The van der Waals surface area contributed by atoms with Crippen LogP contribution in [0.15, 0.2) is 28.2 Å². The molecular formula is C17H21N3O3S. The van der Waals surface area contributed by atoms with Crippen molar-refractivity contribution in [2.24, 2.45) is 0 Å². The molecular weight excluding hydrogens is 326 g/mol. The van der Waals surface area contributed by atoms with Gasteiger partial charge in [-0.25, -0.2) is 9.89 Å². The lowest BCUT2D eigenvalue weighted by atomic mass is 10.0. The second kappa shape index (κ2) is 7.36. The number of hydrogen-bond donors (Lipinski definition) is 1. The largest absolute Gasteiger partial charge is 0.376 e. The molecule has 7 heteroatoms. The molecule has 2 aromatic rings. The Bertz CT molecular complexity index is 791. The van der Waals surface area contributed by atoms with E-state index < -0.39 is 0 Å². The average Bonchev–Trinajstić information content (AvgIpc) is 3.17. The van der Waals surface area contributed by atoms with Crippen LogP contribution in [0.2, 0.25) is 0 Å². The summed E-state index contributed by atoms with van der Waals surface area (Å²) in [4.78, 5) is 24.4. The normalized spacial score (nSPS) is 17.3. The van der Waals surface area contributed by atoms with Crippen LogP contribution in [-0.2, 0) is 11.3 Å². The Kier molecular flexibility index (Phi) is 5.20. The molecule has 0 bridgehead atoms. The van der Waals surface area contributed by atoms with Crippen LogP contribution in [0.1, 0.15) is 34.3 Å². The number of carbonyl (C=O) groups is 1. The van der Waals surface area contributed by atoms with E-state index in [0.717, 1.165) is 36.1 Å². The van der Waals surface area contributed by atoms with Crippen molar-refractivity contribution >= 4 is 17.5 Å². The molecule has 1 unspecified atom stereocenters. The summed E-state index contributed by atoms with van der Waals surface area (Å²) in [7, 11) is 0. The predicted molar refractivity (Wildman–Crippen MR) is 92.8 cm³/mol.